The minimum Gasteiger partial charge on any atom is -0.388 e. The van der Waals surface area contributed by atoms with Gasteiger partial charge in [-0.15, -0.1) is 6.58 Å². The highest BCUT2D eigenvalue weighted by molar-refractivity contribution is 5.17. The lowest BCUT2D eigenvalue weighted by atomic mass is 9.44. The standard InChI is InChI=1S/C31H48N2O/c1-6-31-14-12-24-23(26(31)10-7-20(2)16-31)11-13-29(4)27(15-25(28(24)29)22-8-9-22)30(5,34)19-33-18-21(3)17-32-33/h6,17-18,20,22-28,34H,1,7-16,19H2,2-5H3/t20-,23?,24+,25-,26+,27-,28?,29+,30?,31+/m0/s1. The molecule has 0 bridgehead atoms. The highest BCUT2D eigenvalue weighted by Gasteiger charge is 2.66. The summed E-state index contributed by atoms with van der Waals surface area (Å²) >= 11 is 0. The number of nitrogens with zero attached hydrogens (tertiary/aromatic N) is 2. The molecule has 34 heavy (non-hydrogen) atoms. The molecule has 0 saturated heterocycles. The Morgan fingerprint density at radius 1 is 1.15 bits per heavy atom. The maximum absolute atomic E-state index is 12.0. The molecule has 3 nitrogen and oxygen atoms in total. The van der Waals surface area contributed by atoms with Crippen molar-refractivity contribution < 1.29 is 5.11 Å². The summed E-state index contributed by atoms with van der Waals surface area (Å²) in [5, 5.41) is 16.6. The molecule has 5 aliphatic rings. The largest absolute Gasteiger partial charge is 0.388 e. The maximum Gasteiger partial charge on any atom is 0.0848 e. The van der Waals surface area contributed by atoms with Gasteiger partial charge in [-0.3, -0.25) is 4.68 Å². The molecule has 0 radical (unpaired) electrons. The van der Waals surface area contributed by atoms with E-state index < -0.39 is 5.60 Å². The van der Waals surface area contributed by atoms with Gasteiger partial charge in [-0.05, 0) is 135 Å². The third kappa shape index (κ3) is 3.50. The van der Waals surface area contributed by atoms with Crippen LogP contribution in [0.4, 0.5) is 0 Å². The van der Waals surface area contributed by atoms with Crippen molar-refractivity contribution in [3.8, 4) is 0 Å². The summed E-state index contributed by atoms with van der Waals surface area (Å²) in [5.41, 5.74) is 1.14. The second-order valence-corrected chi connectivity index (χ2v) is 14.2. The van der Waals surface area contributed by atoms with Crippen LogP contribution in [0.3, 0.4) is 0 Å². The van der Waals surface area contributed by atoms with E-state index >= 15 is 0 Å². The molecule has 1 aromatic heterocycles. The number of aromatic nitrogens is 2. The van der Waals surface area contributed by atoms with E-state index in [-0.39, 0.29) is 5.41 Å². The van der Waals surface area contributed by atoms with Crippen molar-refractivity contribution in [1.82, 2.24) is 9.78 Å². The van der Waals surface area contributed by atoms with E-state index in [9.17, 15) is 5.11 Å². The van der Waals surface area contributed by atoms with E-state index in [1.807, 2.05) is 10.9 Å². The molecule has 1 N–H and O–H groups in total. The number of fused-ring (bicyclic) bond motifs is 5. The van der Waals surface area contributed by atoms with E-state index in [1.165, 1.54) is 69.8 Å². The number of aliphatic hydroxyl groups is 1. The molecule has 5 aliphatic carbocycles. The third-order valence-corrected chi connectivity index (χ3v) is 12.1. The lowest BCUT2D eigenvalue weighted by Gasteiger charge is -2.61. The van der Waals surface area contributed by atoms with Gasteiger partial charge in [-0.25, -0.2) is 0 Å². The van der Waals surface area contributed by atoms with Gasteiger partial charge in [0, 0.05) is 6.20 Å². The first-order valence-corrected chi connectivity index (χ1v) is 14.5. The summed E-state index contributed by atoms with van der Waals surface area (Å²) in [6.07, 6.45) is 20.2. The zero-order valence-corrected chi connectivity index (χ0v) is 22.2. The van der Waals surface area contributed by atoms with Crippen LogP contribution in [0.15, 0.2) is 25.0 Å². The first kappa shape index (κ1) is 23.3. The zero-order valence-electron chi connectivity index (χ0n) is 22.2. The quantitative estimate of drug-likeness (QED) is 0.475. The number of hydrogen-bond donors (Lipinski definition) is 1. The lowest BCUT2D eigenvalue weighted by molar-refractivity contribution is -0.130. The minimum absolute atomic E-state index is 0.260. The molecule has 0 aliphatic heterocycles. The highest BCUT2D eigenvalue weighted by atomic mass is 16.3. The van der Waals surface area contributed by atoms with Crippen LogP contribution in [0.5, 0.6) is 0 Å². The van der Waals surface area contributed by atoms with Crippen LogP contribution in [0.25, 0.3) is 0 Å². The molecule has 1 heterocycles. The number of allylic oxidation sites excluding steroid dienone is 1. The molecule has 0 aromatic carbocycles. The molecular formula is C31H48N2O. The topological polar surface area (TPSA) is 38.0 Å². The molecule has 0 amide bonds. The predicted molar refractivity (Wildman–Crippen MR) is 138 cm³/mol. The van der Waals surface area contributed by atoms with Gasteiger partial charge in [-0.1, -0.05) is 26.3 Å². The van der Waals surface area contributed by atoms with Crippen molar-refractivity contribution in [2.45, 2.75) is 104 Å². The van der Waals surface area contributed by atoms with Gasteiger partial charge in [0.1, 0.15) is 0 Å². The fraction of sp³-hybridized carbons (Fsp3) is 0.839. The molecule has 6 rings (SSSR count). The van der Waals surface area contributed by atoms with Crippen molar-refractivity contribution in [3.63, 3.8) is 0 Å². The fourth-order valence-electron chi connectivity index (χ4n) is 10.7. The molecule has 1 aromatic rings. The van der Waals surface area contributed by atoms with Gasteiger partial charge in [0.2, 0.25) is 0 Å². The smallest absolute Gasteiger partial charge is 0.0848 e. The molecule has 0 spiro atoms. The lowest BCUT2D eigenvalue weighted by Crippen LogP contribution is -2.55. The Balaban J connectivity index is 1.31. The van der Waals surface area contributed by atoms with Crippen LogP contribution in [0.2, 0.25) is 0 Å². The monoisotopic (exact) mass is 464 g/mol. The Bertz CT molecular complexity index is 930. The van der Waals surface area contributed by atoms with E-state index in [4.69, 9.17) is 0 Å². The summed E-state index contributed by atoms with van der Waals surface area (Å²) in [5.74, 6) is 6.39. The Labute approximate surface area is 207 Å². The van der Waals surface area contributed by atoms with E-state index in [2.05, 4.69) is 51.6 Å². The van der Waals surface area contributed by atoms with Gasteiger partial charge >= 0.3 is 0 Å². The average Bonchev–Trinajstić information content (AvgIpc) is 3.47. The third-order valence-electron chi connectivity index (χ3n) is 12.1. The van der Waals surface area contributed by atoms with Crippen molar-refractivity contribution >= 4 is 0 Å². The molecular weight excluding hydrogens is 416 g/mol. The summed E-state index contributed by atoms with van der Waals surface area (Å²) in [4.78, 5) is 0. The highest BCUT2D eigenvalue weighted by Crippen LogP contribution is 2.71. The number of rotatable bonds is 5. The maximum atomic E-state index is 12.0. The molecule has 5 fully saturated rings. The molecule has 188 valence electrons. The van der Waals surface area contributed by atoms with E-state index in [0.717, 1.165) is 41.4 Å². The van der Waals surface area contributed by atoms with Crippen LogP contribution in [0.1, 0.15) is 90.5 Å². The molecule has 5 saturated carbocycles. The van der Waals surface area contributed by atoms with Crippen LogP contribution in [-0.2, 0) is 6.54 Å². The van der Waals surface area contributed by atoms with Crippen molar-refractivity contribution in [2.75, 3.05) is 0 Å². The second-order valence-electron chi connectivity index (χ2n) is 14.2. The molecule has 3 unspecified atom stereocenters. The SMILES string of the molecule is C=C[C@]12CC[C@@H]3C(CC[C@@]4(C)C3[C@H](C3CC3)C[C@@H]4C(C)(O)Cn3cc(C)cn3)[C@H]1CC[C@H](C)C2. The van der Waals surface area contributed by atoms with Gasteiger partial charge in [0.15, 0.2) is 0 Å². The van der Waals surface area contributed by atoms with Gasteiger partial charge in [0.05, 0.1) is 18.3 Å². The first-order chi connectivity index (χ1) is 16.2. The Hall–Kier alpha value is -1.09. The van der Waals surface area contributed by atoms with Crippen molar-refractivity contribution in [3.05, 3.63) is 30.6 Å². The predicted octanol–water partition coefficient (Wildman–Crippen LogP) is 7.04. The summed E-state index contributed by atoms with van der Waals surface area (Å²) in [6, 6.07) is 0. The summed E-state index contributed by atoms with van der Waals surface area (Å²) in [7, 11) is 0. The molecule has 10 atom stereocenters. The molecule has 3 heteroatoms. The van der Waals surface area contributed by atoms with Crippen LogP contribution < -0.4 is 0 Å². The minimum atomic E-state index is -0.707. The second kappa shape index (κ2) is 7.95. The summed E-state index contributed by atoms with van der Waals surface area (Å²) in [6.45, 7) is 14.3. The number of hydrogen-bond acceptors (Lipinski definition) is 2. The number of aryl methyl sites for hydroxylation is 1. The van der Waals surface area contributed by atoms with Crippen molar-refractivity contribution in [1.29, 1.82) is 0 Å². The van der Waals surface area contributed by atoms with Gasteiger partial charge < -0.3 is 5.11 Å². The first-order valence-electron chi connectivity index (χ1n) is 14.5. The normalized spacial score (nSPS) is 47.9. The Kier molecular flexibility index (Phi) is 5.46. The fourth-order valence-corrected chi connectivity index (χ4v) is 10.7. The van der Waals surface area contributed by atoms with Crippen LogP contribution >= 0.6 is 0 Å². The Morgan fingerprint density at radius 2 is 1.91 bits per heavy atom. The van der Waals surface area contributed by atoms with Crippen molar-refractivity contribution in [2.24, 2.45) is 58.2 Å². The van der Waals surface area contributed by atoms with E-state index in [1.54, 1.807) is 0 Å². The van der Waals surface area contributed by atoms with Crippen LogP contribution in [-0.4, -0.2) is 20.5 Å². The average molecular weight is 465 g/mol. The summed E-state index contributed by atoms with van der Waals surface area (Å²) < 4.78 is 1.99. The van der Waals surface area contributed by atoms with Gasteiger partial charge in [-0.2, -0.15) is 5.10 Å². The Morgan fingerprint density at radius 3 is 2.59 bits per heavy atom. The van der Waals surface area contributed by atoms with E-state index in [0.29, 0.717) is 17.9 Å². The van der Waals surface area contributed by atoms with Gasteiger partial charge in [0.25, 0.3) is 0 Å². The van der Waals surface area contributed by atoms with Crippen LogP contribution in [0, 0.1) is 65.1 Å². The zero-order chi connectivity index (χ0) is 23.9.